The van der Waals surface area contributed by atoms with Crippen molar-refractivity contribution in [2.45, 2.75) is 26.8 Å². The number of hydrogen-bond acceptors (Lipinski definition) is 3. The van der Waals surface area contributed by atoms with Gasteiger partial charge in [0.15, 0.2) is 0 Å². The highest BCUT2D eigenvalue weighted by Crippen LogP contribution is 2.29. The van der Waals surface area contributed by atoms with Gasteiger partial charge in [0, 0.05) is 12.4 Å². The van der Waals surface area contributed by atoms with E-state index in [1.165, 1.54) is 0 Å². The molecule has 0 aliphatic heterocycles. The van der Waals surface area contributed by atoms with Crippen molar-refractivity contribution in [1.29, 1.82) is 0 Å². The third-order valence-corrected chi connectivity index (χ3v) is 3.53. The van der Waals surface area contributed by atoms with Gasteiger partial charge in [0.2, 0.25) is 5.91 Å². The first kappa shape index (κ1) is 15.5. The molecule has 1 amide bonds. The van der Waals surface area contributed by atoms with Crippen molar-refractivity contribution in [2.24, 2.45) is 11.1 Å². The Bertz CT molecular complexity index is 632. The molecule has 1 heterocycles. The topological polar surface area (TPSA) is 72.9 Å². The number of imidazole rings is 1. The van der Waals surface area contributed by atoms with Gasteiger partial charge in [-0.1, -0.05) is 38.4 Å². The fraction of sp³-hybridized carbons (Fsp3) is 0.333. The first-order valence-corrected chi connectivity index (χ1v) is 7.02. The third kappa shape index (κ3) is 3.43. The fourth-order valence-corrected chi connectivity index (χ4v) is 2.15. The molecule has 1 atom stereocenters. The Kier molecular flexibility index (Phi) is 4.34. The molecule has 2 rings (SSSR count). The minimum atomic E-state index is -0.618. The molecule has 1 aromatic heterocycles. The number of carbonyl (C=O) groups is 1. The lowest BCUT2D eigenvalue weighted by Gasteiger charge is -2.26. The van der Waals surface area contributed by atoms with Crippen molar-refractivity contribution in [3.63, 3.8) is 0 Å². The normalized spacial score (nSPS) is 13.0. The van der Waals surface area contributed by atoms with E-state index in [2.05, 4.69) is 10.3 Å². The summed E-state index contributed by atoms with van der Waals surface area (Å²) in [7, 11) is 0. The van der Waals surface area contributed by atoms with Crippen molar-refractivity contribution in [3.8, 4) is 5.69 Å². The number of amides is 1. The highest BCUT2D eigenvalue weighted by atomic mass is 35.5. The zero-order chi connectivity index (χ0) is 15.6. The molecule has 0 spiro atoms. The molecule has 112 valence electrons. The molecular weight excluding hydrogens is 288 g/mol. The largest absolute Gasteiger partial charge is 0.323 e. The fourth-order valence-electron chi connectivity index (χ4n) is 1.87. The highest BCUT2D eigenvalue weighted by molar-refractivity contribution is 6.33. The number of para-hydroxylation sites is 1. The molecule has 0 bridgehead atoms. The molecule has 0 radical (unpaired) electrons. The summed E-state index contributed by atoms with van der Waals surface area (Å²) in [5, 5.41) is 3.37. The van der Waals surface area contributed by atoms with Gasteiger partial charge < -0.3 is 15.6 Å². The molecule has 1 unspecified atom stereocenters. The maximum absolute atomic E-state index is 12.3. The van der Waals surface area contributed by atoms with Gasteiger partial charge in [-0.15, -0.1) is 0 Å². The summed E-state index contributed by atoms with van der Waals surface area (Å²) in [5.41, 5.74) is 6.94. The average Bonchev–Trinajstić information content (AvgIpc) is 2.90. The van der Waals surface area contributed by atoms with Crippen LogP contribution in [0.15, 0.2) is 36.9 Å². The lowest BCUT2D eigenvalue weighted by atomic mass is 9.87. The SMILES string of the molecule is CC(C)(C)C(N)C(=O)Nc1cccc(Cl)c1-n1ccnc1. The molecule has 0 saturated heterocycles. The molecule has 0 fully saturated rings. The van der Waals surface area contributed by atoms with Crippen LogP contribution in [0.2, 0.25) is 5.02 Å². The minimum absolute atomic E-state index is 0.244. The van der Waals surface area contributed by atoms with E-state index in [1.54, 1.807) is 41.5 Å². The quantitative estimate of drug-likeness (QED) is 0.916. The molecule has 6 heteroatoms. The Morgan fingerprint density at radius 1 is 1.43 bits per heavy atom. The number of anilines is 1. The second-order valence-electron chi connectivity index (χ2n) is 5.94. The average molecular weight is 307 g/mol. The number of benzene rings is 1. The van der Waals surface area contributed by atoms with Gasteiger partial charge in [0.05, 0.1) is 28.8 Å². The molecule has 5 nitrogen and oxygen atoms in total. The van der Waals surface area contributed by atoms with Crippen molar-refractivity contribution in [1.82, 2.24) is 9.55 Å². The summed E-state index contributed by atoms with van der Waals surface area (Å²) in [6.07, 6.45) is 5.04. The zero-order valence-electron chi connectivity index (χ0n) is 12.3. The Morgan fingerprint density at radius 3 is 2.71 bits per heavy atom. The van der Waals surface area contributed by atoms with E-state index in [0.717, 1.165) is 0 Å². The summed E-state index contributed by atoms with van der Waals surface area (Å²) in [6, 6.07) is 4.71. The van der Waals surface area contributed by atoms with Gasteiger partial charge in [-0.2, -0.15) is 0 Å². The Labute approximate surface area is 129 Å². The summed E-state index contributed by atoms with van der Waals surface area (Å²) < 4.78 is 1.75. The van der Waals surface area contributed by atoms with Gasteiger partial charge in [-0.3, -0.25) is 4.79 Å². The Hall–Kier alpha value is -1.85. The monoisotopic (exact) mass is 306 g/mol. The number of rotatable bonds is 3. The lowest BCUT2D eigenvalue weighted by Crippen LogP contribution is -2.45. The number of halogens is 1. The van der Waals surface area contributed by atoms with E-state index in [4.69, 9.17) is 17.3 Å². The highest BCUT2D eigenvalue weighted by Gasteiger charge is 2.28. The third-order valence-electron chi connectivity index (χ3n) is 3.22. The van der Waals surface area contributed by atoms with Gasteiger partial charge in [-0.05, 0) is 17.5 Å². The number of nitrogens with zero attached hydrogens (tertiary/aromatic N) is 2. The van der Waals surface area contributed by atoms with Gasteiger partial charge in [-0.25, -0.2) is 4.98 Å². The second kappa shape index (κ2) is 5.87. The molecular formula is C15H19ClN4O. The van der Waals surface area contributed by atoms with Crippen LogP contribution >= 0.6 is 11.6 Å². The van der Waals surface area contributed by atoms with Crippen LogP contribution in [0.1, 0.15) is 20.8 Å². The number of nitrogens with two attached hydrogens (primary N) is 1. The molecule has 21 heavy (non-hydrogen) atoms. The molecule has 3 N–H and O–H groups in total. The zero-order valence-corrected chi connectivity index (χ0v) is 13.1. The van der Waals surface area contributed by atoms with Crippen LogP contribution in [0.3, 0.4) is 0 Å². The second-order valence-corrected chi connectivity index (χ2v) is 6.35. The lowest BCUT2D eigenvalue weighted by molar-refractivity contribution is -0.119. The summed E-state index contributed by atoms with van der Waals surface area (Å²) in [6.45, 7) is 5.77. The van der Waals surface area contributed by atoms with Crippen LogP contribution in [0.4, 0.5) is 5.69 Å². The Balaban J connectivity index is 2.34. The molecule has 0 aliphatic carbocycles. The van der Waals surface area contributed by atoms with Crippen LogP contribution < -0.4 is 11.1 Å². The summed E-state index contributed by atoms with van der Waals surface area (Å²) >= 11 is 6.24. The van der Waals surface area contributed by atoms with Gasteiger partial charge in [0.1, 0.15) is 0 Å². The van der Waals surface area contributed by atoms with Crippen LogP contribution in [-0.4, -0.2) is 21.5 Å². The minimum Gasteiger partial charge on any atom is -0.323 e. The molecule has 1 aromatic carbocycles. The first-order chi connectivity index (χ1) is 9.80. The maximum Gasteiger partial charge on any atom is 0.241 e. The van der Waals surface area contributed by atoms with Crippen LogP contribution in [0.5, 0.6) is 0 Å². The molecule has 0 saturated carbocycles. The van der Waals surface area contributed by atoms with E-state index in [0.29, 0.717) is 16.4 Å². The predicted octanol–water partition coefficient (Wildman–Crippen LogP) is 2.84. The van der Waals surface area contributed by atoms with Gasteiger partial charge in [0.25, 0.3) is 0 Å². The van der Waals surface area contributed by atoms with Crippen LogP contribution in [0.25, 0.3) is 5.69 Å². The predicted molar refractivity (Wildman–Crippen MR) is 84.6 cm³/mol. The van der Waals surface area contributed by atoms with Crippen molar-refractivity contribution >= 4 is 23.2 Å². The standard InChI is InChI=1S/C15H19ClN4O/c1-15(2,3)13(17)14(21)19-11-6-4-5-10(16)12(11)20-8-7-18-9-20/h4-9,13H,17H2,1-3H3,(H,19,21). The number of aromatic nitrogens is 2. The number of hydrogen-bond donors (Lipinski definition) is 2. The molecule has 2 aromatic rings. The Morgan fingerprint density at radius 2 is 2.14 bits per heavy atom. The smallest absolute Gasteiger partial charge is 0.241 e. The van der Waals surface area contributed by atoms with Crippen molar-refractivity contribution in [2.75, 3.05) is 5.32 Å². The van der Waals surface area contributed by atoms with Gasteiger partial charge >= 0.3 is 0 Å². The van der Waals surface area contributed by atoms with E-state index in [-0.39, 0.29) is 11.3 Å². The summed E-state index contributed by atoms with van der Waals surface area (Å²) in [5.74, 6) is -0.244. The van der Waals surface area contributed by atoms with Crippen molar-refractivity contribution in [3.05, 3.63) is 41.9 Å². The van der Waals surface area contributed by atoms with E-state index in [9.17, 15) is 4.79 Å². The van der Waals surface area contributed by atoms with E-state index in [1.807, 2.05) is 20.8 Å². The first-order valence-electron chi connectivity index (χ1n) is 6.64. The summed E-state index contributed by atoms with van der Waals surface area (Å²) in [4.78, 5) is 16.3. The van der Waals surface area contributed by atoms with Crippen LogP contribution in [-0.2, 0) is 4.79 Å². The van der Waals surface area contributed by atoms with E-state index >= 15 is 0 Å². The van der Waals surface area contributed by atoms with E-state index < -0.39 is 6.04 Å². The maximum atomic E-state index is 12.3. The number of nitrogens with one attached hydrogen (secondary N) is 1. The number of carbonyl (C=O) groups excluding carboxylic acids is 1. The molecule has 0 aliphatic rings. The van der Waals surface area contributed by atoms with Crippen LogP contribution in [0, 0.1) is 5.41 Å². The van der Waals surface area contributed by atoms with Crippen molar-refractivity contribution < 1.29 is 4.79 Å².